The van der Waals surface area contributed by atoms with Crippen LogP contribution in [0, 0.1) is 0 Å². The first-order valence-corrected chi connectivity index (χ1v) is 15.1. The Morgan fingerprint density at radius 1 is 0.850 bits per heavy atom. The first-order chi connectivity index (χ1) is 19.1. The quantitative estimate of drug-likeness (QED) is 0.269. The molecule has 0 aliphatic carbocycles. The highest BCUT2D eigenvalue weighted by atomic mass is 35.5. The molecule has 7 nitrogen and oxygen atoms in total. The predicted octanol–water partition coefficient (Wildman–Crippen LogP) is 5.30. The van der Waals surface area contributed by atoms with Gasteiger partial charge in [0.1, 0.15) is 12.6 Å². The van der Waals surface area contributed by atoms with E-state index < -0.39 is 28.5 Å². The zero-order chi connectivity index (χ0) is 28.9. The minimum Gasteiger partial charge on any atom is -0.357 e. The molecule has 4 aromatic rings. The van der Waals surface area contributed by atoms with Crippen LogP contribution in [0.3, 0.4) is 0 Å². The molecule has 0 aromatic heterocycles. The van der Waals surface area contributed by atoms with Crippen molar-refractivity contribution in [2.24, 2.45) is 0 Å². The van der Waals surface area contributed by atoms with E-state index in [0.29, 0.717) is 26.7 Å². The summed E-state index contributed by atoms with van der Waals surface area (Å²) in [5.41, 5.74) is 1.86. The van der Waals surface area contributed by atoms with Gasteiger partial charge in [0.2, 0.25) is 21.8 Å². The Morgan fingerprint density at radius 3 is 2.20 bits per heavy atom. The molecule has 4 rings (SSSR count). The molecule has 2 amide bonds. The molecule has 1 N–H and O–H groups in total. The summed E-state index contributed by atoms with van der Waals surface area (Å²) < 4.78 is 27.2. The van der Waals surface area contributed by atoms with E-state index in [2.05, 4.69) is 5.32 Å². The van der Waals surface area contributed by atoms with Crippen molar-refractivity contribution in [3.05, 3.63) is 112 Å². The van der Waals surface area contributed by atoms with Gasteiger partial charge in [-0.3, -0.25) is 13.9 Å². The lowest BCUT2D eigenvalue weighted by atomic mass is 10.0. The average Bonchev–Trinajstić information content (AvgIpc) is 2.94. The molecule has 0 radical (unpaired) electrons. The molecular formula is C30H29Cl2N3O4S. The van der Waals surface area contributed by atoms with Crippen LogP contribution in [0.25, 0.3) is 10.8 Å². The van der Waals surface area contributed by atoms with Crippen molar-refractivity contribution in [3.8, 4) is 0 Å². The van der Waals surface area contributed by atoms with Gasteiger partial charge in [-0.15, -0.1) is 0 Å². The van der Waals surface area contributed by atoms with E-state index in [1.165, 1.54) is 11.9 Å². The third kappa shape index (κ3) is 6.94. The van der Waals surface area contributed by atoms with E-state index in [-0.39, 0.29) is 18.9 Å². The summed E-state index contributed by atoms with van der Waals surface area (Å²) in [6.45, 7) is -0.496. The maximum atomic E-state index is 14.1. The molecule has 0 heterocycles. The summed E-state index contributed by atoms with van der Waals surface area (Å²) in [5.74, 6) is -0.928. The number of halogens is 2. The van der Waals surface area contributed by atoms with E-state index in [9.17, 15) is 18.0 Å². The summed E-state index contributed by atoms with van der Waals surface area (Å²) in [6, 6.07) is 26.0. The highest BCUT2D eigenvalue weighted by molar-refractivity contribution is 7.92. The van der Waals surface area contributed by atoms with Crippen molar-refractivity contribution in [1.29, 1.82) is 0 Å². The van der Waals surface area contributed by atoms with Crippen LogP contribution in [-0.2, 0) is 32.6 Å². The van der Waals surface area contributed by atoms with Crippen LogP contribution in [0.2, 0.25) is 10.0 Å². The van der Waals surface area contributed by atoms with E-state index in [0.717, 1.165) is 21.5 Å². The molecule has 0 bridgehead atoms. The molecule has 0 aliphatic heterocycles. The number of nitrogens with one attached hydrogen (secondary N) is 1. The monoisotopic (exact) mass is 597 g/mol. The maximum Gasteiger partial charge on any atom is 0.244 e. The number of carbonyl (C=O) groups is 2. The lowest BCUT2D eigenvalue weighted by molar-refractivity contribution is -0.139. The Balaban J connectivity index is 1.78. The summed E-state index contributed by atoms with van der Waals surface area (Å²) in [6.07, 6.45) is 1.28. The van der Waals surface area contributed by atoms with Gasteiger partial charge >= 0.3 is 0 Å². The van der Waals surface area contributed by atoms with Crippen molar-refractivity contribution >= 4 is 61.5 Å². The topological polar surface area (TPSA) is 86.8 Å². The Kier molecular flexibility index (Phi) is 9.35. The molecule has 0 aliphatic rings. The Labute approximate surface area is 244 Å². The van der Waals surface area contributed by atoms with Gasteiger partial charge in [0.05, 0.1) is 22.0 Å². The van der Waals surface area contributed by atoms with Gasteiger partial charge in [-0.1, -0.05) is 96.0 Å². The Bertz CT molecular complexity index is 1630. The van der Waals surface area contributed by atoms with Gasteiger partial charge in [0.15, 0.2) is 0 Å². The Morgan fingerprint density at radius 2 is 1.52 bits per heavy atom. The molecule has 208 valence electrons. The minimum absolute atomic E-state index is 0.00772. The molecular weight excluding hydrogens is 569 g/mol. The van der Waals surface area contributed by atoms with Crippen LogP contribution in [0.5, 0.6) is 0 Å². The van der Waals surface area contributed by atoms with Crippen molar-refractivity contribution < 1.29 is 18.0 Å². The number of anilines is 1. The summed E-state index contributed by atoms with van der Waals surface area (Å²) in [5, 5.41) is 4.84. The molecule has 0 saturated carbocycles. The molecule has 0 fully saturated rings. The zero-order valence-corrected chi connectivity index (χ0v) is 24.4. The van der Waals surface area contributed by atoms with E-state index >= 15 is 0 Å². The number of amides is 2. The second kappa shape index (κ2) is 12.7. The second-order valence-electron chi connectivity index (χ2n) is 9.36. The number of fused-ring (bicyclic) bond motifs is 1. The second-order valence-corrected chi connectivity index (χ2v) is 12.1. The third-order valence-electron chi connectivity index (χ3n) is 6.57. The number of sulfonamides is 1. The van der Waals surface area contributed by atoms with Crippen LogP contribution in [0.4, 0.5) is 5.69 Å². The molecule has 4 aromatic carbocycles. The predicted molar refractivity (Wildman–Crippen MR) is 161 cm³/mol. The van der Waals surface area contributed by atoms with E-state index in [1.807, 2.05) is 60.7 Å². The van der Waals surface area contributed by atoms with Crippen LogP contribution in [0.1, 0.15) is 11.1 Å². The minimum atomic E-state index is -3.89. The molecule has 0 spiro atoms. The first-order valence-electron chi connectivity index (χ1n) is 12.5. The third-order valence-corrected chi connectivity index (χ3v) is 8.43. The first kappa shape index (κ1) is 29.4. The van der Waals surface area contributed by atoms with Crippen LogP contribution >= 0.6 is 23.2 Å². The fraction of sp³-hybridized carbons (Fsp3) is 0.200. The SMILES string of the molecule is CNC(=O)[C@H](Cc1ccccc1)N(Cc1ccc(Cl)c(Cl)c1)C(=O)CN(c1cccc2ccccc12)S(C)(=O)=O. The van der Waals surface area contributed by atoms with Gasteiger partial charge in [-0.05, 0) is 34.7 Å². The van der Waals surface area contributed by atoms with Crippen LogP contribution < -0.4 is 9.62 Å². The maximum absolute atomic E-state index is 14.1. The van der Waals surface area contributed by atoms with Crippen molar-refractivity contribution in [3.63, 3.8) is 0 Å². The average molecular weight is 599 g/mol. The molecule has 10 heteroatoms. The van der Waals surface area contributed by atoms with E-state index in [4.69, 9.17) is 23.2 Å². The normalized spacial score (nSPS) is 12.1. The van der Waals surface area contributed by atoms with Gasteiger partial charge in [-0.25, -0.2) is 8.42 Å². The molecule has 40 heavy (non-hydrogen) atoms. The fourth-order valence-corrected chi connectivity index (χ4v) is 5.76. The van der Waals surface area contributed by atoms with Gasteiger partial charge in [0.25, 0.3) is 0 Å². The van der Waals surface area contributed by atoms with E-state index in [1.54, 1.807) is 30.3 Å². The van der Waals surface area contributed by atoms with Crippen molar-refractivity contribution in [1.82, 2.24) is 10.2 Å². The largest absolute Gasteiger partial charge is 0.357 e. The summed E-state index contributed by atoms with van der Waals surface area (Å²) in [7, 11) is -2.39. The van der Waals surface area contributed by atoms with Gasteiger partial charge in [0, 0.05) is 25.4 Å². The number of rotatable bonds is 10. The zero-order valence-electron chi connectivity index (χ0n) is 22.1. The Hall–Kier alpha value is -3.59. The van der Waals surface area contributed by atoms with Crippen LogP contribution in [0.15, 0.2) is 91.0 Å². The van der Waals surface area contributed by atoms with Crippen molar-refractivity contribution in [2.45, 2.75) is 19.0 Å². The van der Waals surface area contributed by atoms with Crippen LogP contribution in [-0.4, -0.2) is 51.0 Å². The molecule has 1 atom stereocenters. The number of nitrogens with zero attached hydrogens (tertiary/aromatic N) is 2. The highest BCUT2D eigenvalue weighted by Gasteiger charge is 2.33. The lowest BCUT2D eigenvalue weighted by Crippen LogP contribution is -2.52. The number of hydrogen-bond acceptors (Lipinski definition) is 4. The van der Waals surface area contributed by atoms with Gasteiger partial charge in [-0.2, -0.15) is 0 Å². The highest BCUT2D eigenvalue weighted by Crippen LogP contribution is 2.29. The molecule has 0 saturated heterocycles. The fourth-order valence-electron chi connectivity index (χ4n) is 4.58. The summed E-state index contributed by atoms with van der Waals surface area (Å²) >= 11 is 12.4. The molecule has 0 unspecified atom stereocenters. The number of likely N-dealkylation sites (N-methyl/N-ethyl adjacent to an activating group) is 1. The lowest BCUT2D eigenvalue weighted by Gasteiger charge is -2.33. The number of benzene rings is 4. The van der Waals surface area contributed by atoms with Gasteiger partial charge < -0.3 is 10.2 Å². The van der Waals surface area contributed by atoms with Crippen molar-refractivity contribution in [2.75, 3.05) is 24.2 Å². The summed E-state index contributed by atoms with van der Waals surface area (Å²) in [4.78, 5) is 28.7. The smallest absolute Gasteiger partial charge is 0.244 e. The number of carbonyl (C=O) groups excluding carboxylic acids is 2. The number of hydrogen-bond donors (Lipinski definition) is 1. The standard InChI is InChI=1S/C30H29Cl2N3O4S/c1-33-30(37)28(18-21-9-4-3-5-10-21)34(19-22-15-16-25(31)26(32)17-22)29(36)20-35(40(2,38)39)27-14-8-12-23-11-6-7-13-24(23)27/h3-17,28H,18-20H2,1-2H3,(H,33,37)/t28-/m0/s1.